The second kappa shape index (κ2) is 10.7. The number of nitrogens with one attached hydrogen (secondary N) is 1. The van der Waals surface area contributed by atoms with E-state index in [-0.39, 0.29) is 54.8 Å². The molecule has 2 amide bonds. The maximum Gasteiger partial charge on any atom is 1.00 e. The molecular weight excluding hydrogens is 445 g/mol. The third-order valence-corrected chi connectivity index (χ3v) is 5.35. The first-order valence-electron chi connectivity index (χ1n) is 8.96. The van der Waals surface area contributed by atoms with Crippen molar-refractivity contribution < 1.29 is 63.4 Å². The number of hydrogen-bond acceptors (Lipinski definition) is 12. The van der Waals surface area contributed by atoms with Crippen LogP contribution in [0.5, 0.6) is 0 Å². The van der Waals surface area contributed by atoms with Crippen LogP contribution in [0.1, 0.15) is 12.8 Å². The van der Waals surface area contributed by atoms with Crippen molar-refractivity contribution in [3.05, 3.63) is 0 Å². The second-order valence-corrected chi connectivity index (χ2v) is 7.81. The van der Waals surface area contributed by atoms with E-state index in [4.69, 9.17) is 9.57 Å². The Morgan fingerprint density at radius 2 is 2.13 bits per heavy atom. The van der Waals surface area contributed by atoms with Crippen LogP contribution in [-0.2, 0) is 35.3 Å². The zero-order chi connectivity index (χ0) is 21.9. The van der Waals surface area contributed by atoms with Crippen molar-refractivity contribution in [2.24, 2.45) is 0 Å². The largest absolute Gasteiger partial charge is 1.00 e. The smallest absolute Gasteiger partial charge is 0.544 e. The first-order valence-corrected chi connectivity index (χ1v) is 9.95. The molecule has 0 spiro atoms. The fraction of sp³-hybridized carbons (Fsp3) is 0.667. The van der Waals surface area contributed by atoms with Crippen LogP contribution >= 0.6 is 11.8 Å². The molecule has 1 aromatic rings. The first kappa shape index (κ1) is 25.5. The Bertz CT molecular complexity index is 853. The standard InChI is InChI=1S/C15H21N7O7S.Na/c1-20(2)5-6-21-14(17-18-19-21)30-8-10(23)16-9-7-28-22(12(9)25)15(13(26)27)4-3-11(24)29-15;/h9H,3-8H2,1-2H3,(H,16,23)(H,26,27);/q;+1/p-1/t9-,15?;/m0./s1. The second-order valence-electron chi connectivity index (χ2n) is 6.87. The van der Waals surface area contributed by atoms with Gasteiger partial charge >= 0.3 is 35.5 Å². The van der Waals surface area contributed by atoms with E-state index in [1.54, 1.807) is 4.68 Å². The van der Waals surface area contributed by atoms with E-state index in [1.807, 2.05) is 19.0 Å². The summed E-state index contributed by atoms with van der Waals surface area (Å²) in [4.78, 5) is 54.8. The van der Waals surface area contributed by atoms with Gasteiger partial charge in [0.25, 0.3) is 11.6 Å². The molecule has 3 rings (SSSR count). The number of ether oxygens (including phenoxy) is 1. The van der Waals surface area contributed by atoms with Crippen molar-refractivity contribution in [1.82, 2.24) is 35.5 Å². The molecule has 16 heteroatoms. The van der Waals surface area contributed by atoms with E-state index in [9.17, 15) is 24.3 Å². The molecule has 1 N–H and O–H groups in total. The molecule has 0 bridgehead atoms. The Hall–Kier alpha value is -1.78. The zero-order valence-corrected chi connectivity index (χ0v) is 20.1. The van der Waals surface area contributed by atoms with E-state index < -0.39 is 35.5 Å². The number of aromatic nitrogens is 4. The van der Waals surface area contributed by atoms with Crippen LogP contribution < -0.4 is 40.0 Å². The van der Waals surface area contributed by atoms with Crippen LogP contribution in [-0.4, -0.2) is 98.7 Å². The molecule has 31 heavy (non-hydrogen) atoms. The van der Waals surface area contributed by atoms with Crippen LogP contribution in [0.2, 0.25) is 0 Å². The third kappa shape index (κ3) is 5.72. The van der Waals surface area contributed by atoms with Crippen molar-refractivity contribution in [2.75, 3.05) is 33.0 Å². The van der Waals surface area contributed by atoms with Gasteiger partial charge in [0.2, 0.25) is 11.1 Å². The van der Waals surface area contributed by atoms with Gasteiger partial charge in [0.1, 0.15) is 18.6 Å². The number of likely N-dealkylation sites (N-methyl/N-ethyl adjacent to an activating group) is 1. The predicted molar refractivity (Wildman–Crippen MR) is 94.9 cm³/mol. The molecule has 3 heterocycles. The van der Waals surface area contributed by atoms with Crippen LogP contribution in [0.15, 0.2) is 5.16 Å². The predicted octanol–water partition coefficient (Wildman–Crippen LogP) is -6.63. The number of esters is 1. The quantitative estimate of drug-likeness (QED) is 0.208. The molecule has 164 valence electrons. The number of cyclic esters (lactones) is 1. The SMILES string of the molecule is CN(C)CCn1nnnc1SCC(=O)N[C@H]1CON(C2(C(=O)[O-])CCC(=O)O2)C1=O.[Na+]. The van der Waals surface area contributed by atoms with Gasteiger partial charge in [-0.1, -0.05) is 11.8 Å². The number of nitrogens with zero attached hydrogens (tertiary/aromatic N) is 6. The van der Waals surface area contributed by atoms with Crippen molar-refractivity contribution in [3.63, 3.8) is 0 Å². The number of hydrogen-bond donors (Lipinski definition) is 1. The van der Waals surface area contributed by atoms with E-state index in [0.717, 1.165) is 11.8 Å². The Balaban J connectivity index is 0.00000341. The average Bonchev–Trinajstić information content (AvgIpc) is 3.38. The summed E-state index contributed by atoms with van der Waals surface area (Å²) in [6.07, 6.45) is -0.497. The number of thioether (sulfide) groups is 1. The maximum atomic E-state index is 12.5. The molecule has 2 aliphatic rings. The normalized spacial score (nSPS) is 23.1. The van der Waals surface area contributed by atoms with Crippen molar-refractivity contribution >= 4 is 35.5 Å². The van der Waals surface area contributed by atoms with Gasteiger partial charge in [-0.3, -0.25) is 19.2 Å². The average molecular weight is 465 g/mol. The molecule has 0 radical (unpaired) electrons. The van der Waals surface area contributed by atoms with Gasteiger partial charge in [0.05, 0.1) is 18.7 Å². The number of hydroxylamine groups is 2. The minimum absolute atomic E-state index is 0. The van der Waals surface area contributed by atoms with Gasteiger partial charge in [-0.2, -0.15) is 5.06 Å². The topological polar surface area (TPSA) is 172 Å². The number of amides is 2. The van der Waals surface area contributed by atoms with Gasteiger partial charge in [-0.25, -0.2) is 4.68 Å². The van der Waals surface area contributed by atoms with Gasteiger partial charge in [-0.15, -0.1) is 5.10 Å². The first-order chi connectivity index (χ1) is 14.2. The minimum atomic E-state index is -2.32. The number of aliphatic carboxylic acids is 1. The number of carboxylic acid groups (broad SMARTS) is 1. The minimum Gasteiger partial charge on any atom is -0.544 e. The molecule has 0 aliphatic carbocycles. The molecule has 2 aliphatic heterocycles. The Kier molecular flexibility index (Phi) is 8.79. The van der Waals surface area contributed by atoms with Crippen molar-refractivity contribution in [3.8, 4) is 0 Å². The summed E-state index contributed by atoms with van der Waals surface area (Å²) in [7, 11) is 3.82. The fourth-order valence-electron chi connectivity index (χ4n) is 2.84. The van der Waals surface area contributed by atoms with Crippen molar-refractivity contribution in [1.29, 1.82) is 0 Å². The van der Waals surface area contributed by atoms with Crippen LogP contribution in [0.4, 0.5) is 0 Å². The number of carboxylic acids is 1. The summed E-state index contributed by atoms with van der Waals surface area (Å²) in [5.41, 5.74) is -2.32. The van der Waals surface area contributed by atoms with Crippen LogP contribution in [0.25, 0.3) is 0 Å². The number of tetrazole rings is 1. The molecule has 0 saturated carbocycles. The monoisotopic (exact) mass is 465 g/mol. The maximum absolute atomic E-state index is 12.5. The summed E-state index contributed by atoms with van der Waals surface area (Å²) >= 11 is 1.09. The Morgan fingerprint density at radius 3 is 2.74 bits per heavy atom. The molecule has 2 fully saturated rings. The Morgan fingerprint density at radius 1 is 1.39 bits per heavy atom. The zero-order valence-electron chi connectivity index (χ0n) is 17.3. The number of rotatable bonds is 9. The van der Waals surface area contributed by atoms with Crippen LogP contribution in [0, 0.1) is 0 Å². The summed E-state index contributed by atoms with van der Waals surface area (Å²) in [6.45, 7) is 0.944. The molecule has 0 aromatic carbocycles. The van der Waals surface area contributed by atoms with E-state index in [1.165, 1.54) is 0 Å². The number of carbonyl (C=O) groups excluding carboxylic acids is 4. The van der Waals surface area contributed by atoms with E-state index in [2.05, 4.69) is 20.8 Å². The van der Waals surface area contributed by atoms with E-state index >= 15 is 0 Å². The van der Waals surface area contributed by atoms with Crippen molar-refractivity contribution in [2.45, 2.75) is 36.3 Å². The number of carbonyl (C=O) groups is 4. The van der Waals surface area contributed by atoms with E-state index in [0.29, 0.717) is 23.3 Å². The molecular formula is C15H20N7NaO7S. The molecule has 14 nitrogen and oxygen atoms in total. The van der Waals surface area contributed by atoms with Gasteiger partial charge in [0.15, 0.2) is 0 Å². The summed E-state index contributed by atoms with van der Waals surface area (Å²) in [5.74, 6) is -3.98. The van der Waals surface area contributed by atoms with Crippen LogP contribution in [0.3, 0.4) is 0 Å². The van der Waals surface area contributed by atoms with Gasteiger partial charge in [-0.05, 0) is 24.5 Å². The molecule has 1 unspecified atom stereocenters. The Labute approximate surface area is 203 Å². The summed E-state index contributed by atoms with van der Waals surface area (Å²) in [6, 6.07) is -1.13. The molecule has 2 atom stereocenters. The van der Waals surface area contributed by atoms with Gasteiger partial charge < -0.3 is 24.9 Å². The molecule has 2 saturated heterocycles. The van der Waals surface area contributed by atoms with Gasteiger partial charge in [0, 0.05) is 13.0 Å². The molecule has 1 aromatic heterocycles. The third-order valence-electron chi connectivity index (χ3n) is 4.39. The summed E-state index contributed by atoms with van der Waals surface area (Å²) < 4.78 is 6.36. The fourth-order valence-corrected chi connectivity index (χ4v) is 3.56. The summed E-state index contributed by atoms with van der Waals surface area (Å²) in [5, 5.41) is 26.2.